The third-order valence-corrected chi connectivity index (χ3v) is 5.41. The van der Waals surface area contributed by atoms with Gasteiger partial charge in [0.15, 0.2) is 0 Å². The van der Waals surface area contributed by atoms with Gasteiger partial charge in [0.05, 0.1) is 36.6 Å². The summed E-state index contributed by atoms with van der Waals surface area (Å²) in [6.45, 7) is 5.98. The molecule has 1 aromatic carbocycles. The number of rotatable bonds is 3. The van der Waals surface area contributed by atoms with E-state index in [0.717, 1.165) is 0 Å². The predicted molar refractivity (Wildman–Crippen MR) is 116 cm³/mol. The highest BCUT2D eigenvalue weighted by atomic mass is 16.6. The lowest BCUT2D eigenvalue weighted by molar-refractivity contribution is 0.0286. The van der Waals surface area contributed by atoms with Crippen molar-refractivity contribution in [2.45, 2.75) is 38.5 Å². The Hall–Kier alpha value is -4.07. The molecule has 4 rings (SSSR count). The van der Waals surface area contributed by atoms with Crippen molar-refractivity contribution in [2.75, 3.05) is 25.5 Å². The molecule has 11 heteroatoms. The number of carbonyl (C=O) groups excluding carboxylic acids is 3. The molecule has 33 heavy (non-hydrogen) atoms. The Morgan fingerprint density at radius 3 is 2.73 bits per heavy atom. The number of benzene rings is 1. The Morgan fingerprint density at radius 2 is 2.06 bits per heavy atom. The van der Waals surface area contributed by atoms with E-state index in [4.69, 9.17) is 9.47 Å². The molecule has 1 fully saturated rings. The molecule has 2 aliphatic rings. The minimum Gasteiger partial charge on any atom is -0.495 e. The highest BCUT2D eigenvalue weighted by molar-refractivity contribution is 6.08. The second kappa shape index (κ2) is 8.12. The van der Waals surface area contributed by atoms with Crippen LogP contribution in [0.25, 0.3) is 0 Å². The molecule has 172 valence electrons. The number of nitrogens with zero attached hydrogens (tertiary/aromatic N) is 4. The molecule has 2 N–H and O–H groups in total. The Balaban J connectivity index is 1.54. The van der Waals surface area contributed by atoms with Crippen molar-refractivity contribution in [1.29, 1.82) is 5.26 Å². The molecule has 3 heterocycles. The summed E-state index contributed by atoms with van der Waals surface area (Å²) in [7, 11) is 1.44. The van der Waals surface area contributed by atoms with Crippen LogP contribution in [0.2, 0.25) is 0 Å². The van der Waals surface area contributed by atoms with Crippen LogP contribution in [-0.4, -0.2) is 64.4 Å². The van der Waals surface area contributed by atoms with Crippen molar-refractivity contribution < 1.29 is 23.9 Å². The number of amides is 3. The van der Waals surface area contributed by atoms with Gasteiger partial charge in [-0.25, -0.2) is 4.79 Å². The van der Waals surface area contributed by atoms with Gasteiger partial charge in [-0.1, -0.05) is 0 Å². The van der Waals surface area contributed by atoms with Crippen LogP contribution >= 0.6 is 0 Å². The van der Waals surface area contributed by atoms with Crippen LogP contribution < -0.4 is 15.4 Å². The van der Waals surface area contributed by atoms with Crippen LogP contribution in [-0.2, 0) is 4.74 Å². The van der Waals surface area contributed by atoms with Crippen molar-refractivity contribution in [3.05, 3.63) is 41.2 Å². The van der Waals surface area contributed by atoms with Crippen molar-refractivity contribution in [3.63, 3.8) is 0 Å². The van der Waals surface area contributed by atoms with Crippen LogP contribution in [0.4, 0.5) is 10.5 Å². The van der Waals surface area contributed by atoms with Gasteiger partial charge in [-0.05, 0) is 39.0 Å². The van der Waals surface area contributed by atoms with Crippen LogP contribution in [0, 0.1) is 11.3 Å². The normalized spacial score (nSPS) is 19.1. The maximum Gasteiger partial charge on any atom is 0.410 e. The summed E-state index contributed by atoms with van der Waals surface area (Å²) in [6, 6.07) is 5.84. The van der Waals surface area contributed by atoms with Gasteiger partial charge in [0, 0.05) is 18.7 Å². The van der Waals surface area contributed by atoms with Gasteiger partial charge in [0.1, 0.15) is 23.1 Å². The van der Waals surface area contributed by atoms with Gasteiger partial charge < -0.3 is 25.0 Å². The first-order valence-electron chi connectivity index (χ1n) is 10.4. The van der Waals surface area contributed by atoms with Gasteiger partial charge in [-0.15, -0.1) is 0 Å². The maximum atomic E-state index is 12.8. The molecule has 3 amide bonds. The zero-order valence-electron chi connectivity index (χ0n) is 18.7. The average molecular weight is 452 g/mol. The lowest BCUT2D eigenvalue weighted by Crippen LogP contribution is -2.47. The van der Waals surface area contributed by atoms with Crippen molar-refractivity contribution in [2.24, 2.45) is 0 Å². The first-order chi connectivity index (χ1) is 15.6. The smallest absolute Gasteiger partial charge is 0.410 e. The van der Waals surface area contributed by atoms with Crippen LogP contribution in [0.15, 0.2) is 24.4 Å². The van der Waals surface area contributed by atoms with Crippen molar-refractivity contribution >= 4 is 23.6 Å². The zero-order chi connectivity index (χ0) is 23.9. The number of nitrogens with one attached hydrogen (secondary N) is 2. The number of methoxy groups -OCH3 is 1. The molecular formula is C22H24N6O5. The minimum absolute atomic E-state index is 0.199. The van der Waals surface area contributed by atoms with E-state index >= 15 is 0 Å². The molecule has 2 atom stereocenters. The van der Waals surface area contributed by atoms with Crippen LogP contribution in [0.3, 0.4) is 0 Å². The van der Waals surface area contributed by atoms with E-state index in [0.29, 0.717) is 18.8 Å². The topological polar surface area (TPSA) is 139 Å². The third kappa shape index (κ3) is 4.19. The lowest BCUT2D eigenvalue weighted by Gasteiger charge is -2.27. The summed E-state index contributed by atoms with van der Waals surface area (Å²) < 4.78 is 12.1. The summed E-state index contributed by atoms with van der Waals surface area (Å²) in [5.41, 5.74) is 0.259. The van der Waals surface area contributed by atoms with E-state index in [2.05, 4.69) is 15.7 Å². The fourth-order valence-corrected chi connectivity index (χ4v) is 3.95. The number of ether oxygens (including phenoxy) is 2. The standard InChI is InChI=1S/C22H24N6O5/c1-22(2,3)33-21(31)27-10-15-16(11-27)28-18(20(30)26-15)14(9-24-28)25-19(29)12-5-6-17(32-4)13(7-12)8-23/h5-7,9,15-16H,10-11H2,1-4H3,(H,25,29)(H,26,30)/t15-,16+/m0/s1. The Kier molecular flexibility index (Phi) is 5.45. The second-order valence-electron chi connectivity index (χ2n) is 8.87. The van der Waals surface area contributed by atoms with Gasteiger partial charge in [-0.3, -0.25) is 14.3 Å². The number of nitriles is 1. The monoisotopic (exact) mass is 452 g/mol. The molecule has 2 aliphatic heterocycles. The number of carbonyl (C=O) groups is 3. The van der Waals surface area contributed by atoms with E-state index < -0.39 is 23.5 Å². The number of anilines is 1. The molecule has 0 unspecified atom stereocenters. The van der Waals surface area contributed by atoms with E-state index in [1.165, 1.54) is 41.1 Å². The van der Waals surface area contributed by atoms with Gasteiger partial charge in [-0.2, -0.15) is 10.4 Å². The fourth-order valence-electron chi connectivity index (χ4n) is 3.95. The van der Waals surface area contributed by atoms with Gasteiger partial charge in [0.2, 0.25) is 0 Å². The predicted octanol–water partition coefficient (Wildman–Crippen LogP) is 1.92. The van der Waals surface area contributed by atoms with Crippen LogP contribution in [0.5, 0.6) is 5.75 Å². The number of aromatic nitrogens is 2. The molecule has 2 aromatic rings. The number of fused-ring (bicyclic) bond motifs is 3. The molecule has 0 spiro atoms. The first-order valence-corrected chi connectivity index (χ1v) is 10.4. The molecule has 0 radical (unpaired) electrons. The number of hydrogen-bond acceptors (Lipinski definition) is 7. The molecule has 1 saturated heterocycles. The fraction of sp³-hybridized carbons (Fsp3) is 0.409. The number of hydrogen-bond donors (Lipinski definition) is 2. The highest BCUT2D eigenvalue weighted by Gasteiger charge is 2.44. The van der Waals surface area contributed by atoms with Gasteiger partial charge >= 0.3 is 6.09 Å². The summed E-state index contributed by atoms with van der Waals surface area (Å²) in [4.78, 5) is 39.6. The molecular weight excluding hydrogens is 428 g/mol. The lowest BCUT2D eigenvalue weighted by atomic mass is 10.1. The summed E-state index contributed by atoms with van der Waals surface area (Å²) in [6.07, 6.45) is 0.946. The van der Waals surface area contributed by atoms with Gasteiger partial charge in [0.25, 0.3) is 11.8 Å². The van der Waals surface area contributed by atoms with Crippen molar-refractivity contribution in [1.82, 2.24) is 20.0 Å². The molecule has 1 aromatic heterocycles. The summed E-state index contributed by atoms with van der Waals surface area (Å²) in [5, 5.41) is 19.2. The Labute approximate surface area is 190 Å². The van der Waals surface area contributed by atoms with Crippen LogP contribution in [0.1, 0.15) is 53.2 Å². The average Bonchev–Trinajstić information content (AvgIpc) is 3.36. The quantitative estimate of drug-likeness (QED) is 0.725. The maximum absolute atomic E-state index is 12.8. The molecule has 0 bridgehead atoms. The van der Waals surface area contributed by atoms with E-state index in [9.17, 15) is 19.6 Å². The first kappa shape index (κ1) is 22.1. The van der Waals surface area contributed by atoms with Crippen molar-refractivity contribution in [3.8, 4) is 11.8 Å². The third-order valence-electron chi connectivity index (χ3n) is 5.41. The molecule has 0 aliphatic carbocycles. The molecule has 11 nitrogen and oxygen atoms in total. The summed E-state index contributed by atoms with van der Waals surface area (Å²) >= 11 is 0. The second-order valence-corrected chi connectivity index (χ2v) is 8.87. The highest BCUT2D eigenvalue weighted by Crippen LogP contribution is 2.31. The number of likely N-dealkylation sites (tertiary alicyclic amines) is 1. The van der Waals surface area contributed by atoms with E-state index in [1.54, 1.807) is 20.8 Å². The Bertz CT molecular complexity index is 1170. The Morgan fingerprint density at radius 1 is 1.30 bits per heavy atom. The van der Waals surface area contributed by atoms with E-state index in [1.807, 2.05) is 6.07 Å². The van der Waals surface area contributed by atoms with E-state index in [-0.39, 0.29) is 34.6 Å². The SMILES string of the molecule is COc1ccc(C(=O)Nc2cnn3c2C(=O)N[C@H]2CN(C(=O)OC(C)(C)C)C[C@H]23)cc1C#N. The largest absolute Gasteiger partial charge is 0.495 e. The zero-order valence-corrected chi connectivity index (χ0v) is 18.7. The molecule has 0 saturated carbocycles. The summed E-state index contributed by atoms with van der Waals surface area (Å²) in [5.74, 6) is -0.539. The minimum atomic E-state index is -0.630.